The van der Waals surface area contributed by atoms with E-state index in [4.69, 9.17) is 21.1 Å². The Kier molecular flexibility index (Phi) is 4.35. The van der Waals surface area contributed by atoms with Crippen molar-refractivity contribution >= 4 is 23.4 Å². The summed E-state index contributed by atoms with van der Waals surface area (Å²) in [5, 5.41) is 4.33. The number of morpholine rings is 1. The molecule has 2 rings (SSSR count). The van der Waals surface area contributed by atoms with Gasteiger partial charge in [0.2, 0.25) is 0 Å². The highest BCUT2D eigenvalue weighted by molar-refractivity contribution is 8.00. The lowest BCUT2D eigenvalue weighted by Crippen LogP contribution is -2.38. The van der Waals surface area contributed by atoms with Crippen LogP contribution in [0.2, 0.25) is 5.02 Å². The van der Waals surface area contributed by atoms with E-state index < -0.39 is 0 Å². The molecule has 88 valence electrons. The maximum absolute atomic E-state index is 6.06. The molecular formula is C11H14ClNO2S. The summed E-state index contributed by atoms with van der Waals surface area (Å²) in [6.07, 6.45) is 0. The van der Waals surface area contributed by atoms with Crippen molar-refractivity contribution in [2.45, 2.75) is 10.3 Å². The fourth-order valence-electron chi connectivity index (χ4n) is 1.50. The average Bonchev–Trinajstić information content (AvgIpc) is 2.31. The highest BCUT2D eigenvalue weighted by atomic mass is 35.5. The smallest absolute Gasteiger partial charge is 0.137 e. The van der Waals surface area contributed by atoms with Gasteiger partial charge >= 0.3 is 0 Å². The molecular weight excluding hydrogens is 246 g/mol. The summed E-state index contributed by atoms with van der Waals surface area (Å²) >= 11 is 7.78. The predicted octanol–water partition coefficient (Wildman–Crippen LogP) is 2.39. The van der Waals surface area contributed by atoms with Crippen molar-refractivity contribution in [3.8, 4) is 5.75 Å². The molecule has 1 aromatic carbocycles. The summed E-state index contributed by atoms with van der Waals surface area (Å²) in [6.45, 7) is 2.43. The lowest BCUT2D eigenvalue weighted by molar-refractivity contribution is 0.100. The zero-order valence-electron chi connectivity index (χ0n) is 9.03. The van der Waals surface area contributed by atoms with Crippen molar-refractivity contribution in [2.24, 2.45) is 0 Å². The second-order valence-corrected chi connectivity index (χ2v) is 5.12. The normalized spacial score (nSPS) is 20.8. The molecule has 1 heterocycles. The van der Waals surface area contributed by atoms with Gasteiger partial charge in [-0.2, -0.15) is 0 Å². The molecule has 3 nitrogen and oxygen atoms in total. The van der Waals surface area contributed by atoms with Crippen LogP contribution in [0.4, 0.5) is 0 Å². The van der Waals surface area contributed by atoms with Gasteiger partial charge in [0.15, 0.2) is 0 Å². The summed E-state index contributed by atoms with van der Waals surface area (Å²) in [6, 6.07) is 5.81. The molecule has 1 aliphatic rings. The van der Waals surface area contributed by atoms with E-state index in [1.165, 1.54) is 0 Å². The maximum atomic E-state index is 6.06. The van der Waals surface area contributed by atoms with Gasteiger partial charge in [-0.15, -0.1) is 11.8 Å². The number of halogens is 1. The number of hydrogen-bond acceptors (Lipinski definition) is 4. The zero-order chi connectivity index (χ0) is 11.4. The van der Waals surface area contributed by atoms with Gasteiger partial charge in [-0.1, -0.05) is 11.6 Å². The Hall–Kier alpha value is -0.420. The number of hydrogen-bond donors (Lipinski definition) is 1. The molecule has 0 amide bonds. The first-order valence-electron chi connectivity index (χ1n) is 5.11. The van der Waals surface area contributed by atoms with Crippen LogP contribution in [0.15, 0.2) is 23.1 Å². The van der Waals surface area contributed by atoms with Crippen LogP contribution in [0, 0.1) is 0 Å². The summed E-state index contributed by atoms with van der Waals surface area (Å²) < 4.78 is 10.5. The molecule has 0 bridgehead atoms. The summed E-state index contributed by atoms with van der Waals surface area (Å²) in [4.78, 5) is 1.12. The number of nitrogens with one attached hydrogen (secondary N) is 1. The Morgan fingerprint density at radius 2 is 2.44 bits per heavy atom. The van der Waals surface area contributed by atoms with Crippen molar-refractivity contribution in [2.75, 3.05) is 26.9 Å². The maximum Gasteiger partial charge on any atom is 0.137 e. The highest BCUT2D eigenvalue weighted by Crippen LogP contribution is 2.31. The third kappa shape index (κ3) is 3.04. The number of ether oxygens (including phenoxy) is 2. The van der Waals surface area contributed by atoms with Gasteiger partial charge < -0.3 is 14.8 Å². The second-order valence-electron chi connectivity index (χ2n) is 3.43. The molecule has 0 saturated carbocycles. The third-order valence-electron chi connectivity index (χ3n) is 2.29. The van der Waals surface area contributed by atoms with Crippen LogP contribution < -0.4 is 10.1 Å². The average molecular weight is 260 g/mol. The zero-order valence-corrected chi connectivity index (χ0v) is 10.6. The Morgan fingerprint density at radius 3 is 3.06 bits per heavy atom. The van der Waals surface area contributed by atoms with E-state index in [0.29, 0.717) is 16.1 Å². The molecule has 0 aromatic heterocycles. The minimum Gasteiger partial charge on any atom is -0.495 e. The van der Waals surface area contributed by atoms with Gasteiger partial charge in [-0.05, 0) is 18.2 Å². The van der Waals surface area contributed by atoms with E-state index in [9.17, 15) is 0 Å². The van der Waals surface area contributed by atoms with Crippen LogP contribution >= 0.6 is 23.4 Å². The lowest BCUT2D eigenvalue weighted by atomic mass is 10.3. The summed E-state index contributed by atoms with van der Waals surface area (Å²) in [5.74, 6) is 0.707. The quantitative estimate of drug-likeness (QED) is 0.903. The molecule has 0 aliphatic carbocycles. The molecule has 0 radical (unpaired) electrons. The Morgan fingerprint density at radius 1 is 1.56 bits per heavy atom. The van der Waals surface area contributed by atoms with Gasteiger partial charge in [0.25, 0.3) is 0 Å². The van der Waals surface area contributed by atoms with Crippen molar-refractivity contribution < 1.29 is 9.47 Å². The third-order valence-corrected chi connectivity index (χ3v) is 3.70. The van der Waals surface area contributed by atoms with Gasteiger partial charge in [-0.3, -0.25) is 0 Å². The number of rotatable bonds is 3. The molecule has 16 heavy (non-hydrogen) atoms. The molecule has 1 aromatic rings. The Bertz CT molecular complexity index is 356. The number of methoxy groups -OCH3 is 1. The van der Waals surface area contributed by atoms with Crippen molar-refractivity contribution in [3.63, 3.8) is 0 Å². The first-order chi connectivity index (χ1) is 7.79. The molecule has 1 unspecified atom stereocenters. The van der Waals surface area contributed by atoms with Crippen molar-refractivity contribution in [3.05, 3.63) is 23.2 Å². The van der Waals surface area contributed by atoms with Crippen molar-refractivity contribution in [1.29, 1.82) is 0 Å². The van der Waals surface area contributed by atoms with Gasteiger partial charge in [0.1, 0.15) is 5.75 Å². The molecule has 1 aliphatic heterocycles. The topological polar surface area (TPSA) is 30.5 Å². The van der Waals surface area contributed by atoms with Crippen LogP contribution in [-0.2, 0) is 4.74 Å². The van der Waals surface area contributed by atoms with E-state index in [0.717, 1.165) is 24.7 Å². The fraction of sp³-hybridized carbons (Fsp3) is 0.455. The molecule has 1 fully saturated rings. The molecule has 1 saturated heterocycles. The minimum absolute atomic E-state index is 0.304. The van der Waals surface area contributed by atoms with E-state index >= 15 is 0 Å². The van der Waals surface area contributed by atoms with E-state index in [-0.39, 0.29) is 0 Å². The van der Waals surface area contributed by atoms with Crippen LogP contribution in [0.5, 0.6) is 5.75 Å². The van der Waals surface area contributed by atoms with Gasteiger partial charge in [-0.25, -0.2) is 0 Å². The number of thioether (sulfide) groups is 1. The minimum atomic E-state index is 0.304. The van der Waals surface area contributed by atoms with Crippen LogP contribution in [0.25, 0.3) is 0 Å². The molecule has 1 N–H and O–H groups in total. The highest BCUT2D eigenvalue weighted by Gasteiger charge is 2.14. The standard InChI is InChI=1S/C11H14ClNO2S/c1-14-10-3-2-8(6-9(10)12)16-11-7-15-5-4-13-11/h2-3,6,11,13H,4-5,7H2,1H3. The molecule has 0 spiro atoms. The van der Waals surface area contributed by atoms with Crippen LogP contribution in [-0.4, -0.2) is 32.2 Å². The number of benzene rings is 1. The largest absolute Gasteiger partial charge is 0.495 e. The first kappa shape index (κ1) is 12.0. The van der Waals surface area contributed by atoms with Crippen LogP contribution in [0.1, 0.15) is 0 Å². The van der Waals surface area contributed by atoms with Crippen molar-refractivity contribution in [1.82, 2.24) is 5.32 Å². The Balaban J connectivity index is 2.01. The van der Waals surface area contributed by atoms with Crippen LogP contribution in [0.3, 0.4) is 0 Å². The monoisotopic (exact) mass is 259 g/mol. The summed E-state index contributed by atoms with van der Waals surface area (Å²) in [5.41, 5.74) is 0. The van der Waals surface area contributed by atoms with E-state index in [1.807, 2.05) is 18.2 Å². The fourth-order valence-corrected chi connectivity index (χ4v) is 2.85. The Labute approximate surface area is 104 Å². The first-order valence-corrected chi connectivity index (χ1v) is 6.36. The summed E-state index contributed by atoms with van der Waals surface area (Å²) in [7, 11) is 1.62. The van der Waals surface area contributed by atoms with Gasteiger partial charge in [0.05, 0.1) is 30.7 Å². The molecule has 1 atom stereocenters. The lowest BCUT2D eigenvalue weighted by Gasteiger charge is -2.23. The van der Waals surface area contributed by atoms with E-state index in [2.05, 4.69) is 5.32 Å². The second kappa shape index (κ2) is 5.77. The SMILES string of the molecule is COc1ccc(SC2COCCN2)cc1Cl. The van der Waals surface area contributed by atoms with E-state index in [1.54, 1.807) is 18.9 Å². The molecule has 5 heteroatoms. The van der Waals surface area contributed by atoms with Gasteiger partial charge in [0, 0.05) is 11.4 Å². The predicted molar refractivity (Wildman–Crippen MR) is 66.5 cm³/mol.